The zero-order chi connectivity index (χ0) is 19.9. The van der Waals surface area contributed by atoms with Gasteiger partial charge >= 0.3 is 0 Å². The van der Waals surface area contributed by atoms with Crippen LogP contribution in [-0.4, -0.2) is 27.3 Å². The second kappa shape index (κ2) is 6.93. The summed E-state index contributed by atoms with van der Waals surface area (Å²) in [7, 11) is 0. The number of aromatic nitrogens is 2. The lowest BCUT2D eigenvalue weighted by molar-refractivity contribution is -0.0876. The number of benzene rings is 1. The van der Waals surface area contributed by atoms with Gasteiger partial charge in [-0.2, -0.15) is 5.26 Å². The molecule has 9 heteroatoms. The number of pyridine rings is 1. The number of rotatable bonds is 5. The highest BCUT2D eigenvalue weighted by atomic mass is 35.5. The van der Waals surface area contributed by atoms with Gasteiger partial charge < -0.3 is 20.7 Å². The minimum atomic E-state index is -2.68. The number of halogens is 3. The monoisotopic (exact) mass is 403 g/mol. The first-order chi connectivity index (χ1) is 13.3. The van der Waals surface area contributed by atoms with Gasteiger partial charge in [0, 0.05) is 40.9 Å². The molecule has 28 heavy (non-hydrogen) atoms. The molecule has 144 valence electrons. The summed E-state index contributed by atoms with van der Waals surface area (Å²) in [4.78, 5) is 7.23. The molecule has 0 bridgehead atoms. The Morgan fingerprint density at radius 3 is 2.82 bits per heavy atom. The second-order valence-corrected chi connectivity index (χ2v) is 7.25. The summed E-state index contributed by atoms with van der Waals surface area (Å²) in [6.45, 7) is 0. The van der Waals surface area contributed by atoms with Crippen molar-refractivity contribution in [3.8, 4) is 6.07 Å². The highest BCUT2D eigenvalue weighted by Crippen LogP contribution is 2.48. The smallest absolute Gasteiger partial charge is 0.249 e. The number of aliphatic hydroxyl groups excluding tert-OH is 1. The molecule has 0 radical (unpaired) electrons. The van der Waals surface area contributed by atoms with Gasteiger partial charge in [0.15, 0.2) is 0 Å². The number of H-pyrrole nitrogens is 1. The maximum absolute atomic E-state index is 13.1. The molecule has 1 saturated carbocycles. The summed E-state index contributed by atoms with van der Waals surface area (Å²) >= 11 is 6.02. The van der Waals surface area contributed by atoms with E-state index in [1.165, 1.54) is 12.3 Å². The van der Waals surface area contributed by atoms with Gasteiger partial charge in [0.25, 0.3) is 0 Å². The maximum atomic E-state index is 13.1. The molecule has 4 N–H and O–H groups in total. The van der Waals surface area contributed by atoms with Gasteiger partial charge in [-0.05, 0) is 24.3 Å². The number of nitriles is 1. The van der Waals surface area contributed by atoms with Crippen LogP contribution in [0, 0.1) is 11.3 Å². The van der Waals surface area contributed by atoms with Gasteiger partial charge in [0.1, 0.15) is 6.07 Å². The number of hydrogen-bond acceptors (Lipinski definition) is 5. The second-order valence-electron chi connectivity index (χ2n) is 6.81. The fourth-order valence-corrected chi connectivity index (χ4v) is 3.55. The molecule has 0 spiro atoms. The van der Waals surface area contributed by atoms with E-state index in [1.54, 1.807) is 18.3 Å². The first-order valence-electron chi connectivity index (χ1n) is 8.60. The van der Waals surface area contributed by atoms with Crippen LogP contribution in [0.4, 0.5) is 20.2 Å². The lowest BCUT2D eigenvalue weighted by Gasteiger charge is -2.34. The van der Waals surface area contributed by atoms with Crippen molar-refractivity contribution in [3.63, 3.8) is 0 Å². The first kappa shape index (κ1) is 18.5. The number of anilines is 2. The molecule has 1 unspecified atom stereocenters. The Hall–Kier alpha value is -2.89. The van der Waals surface area contributed by atoms with E-state index in [9.17, 15) is 19.1 Å². The molecule has 0 aliphatic heterocycles. The third-order valence-corrected chi connectivity index (χ3v) is 4.99. The molecule has 0 saturated heterocycles. The molecule has 1 aliphatic carbocycles. The fraction of sp³-hybridized carbons (Fsp3) is 0.263. The van der Waals surface area contributed by atoms with Crippen LogP contribution in [0.5, 0.6) is 0 Å². The van der Waals surface area contributed by atoms with Gasteiger partial charge in [-0.15, -0.1) is 0 Å². The third kappa shape index (κ3) is 3.59. The van der Waals surface area contributed by atoms with Crippen molar-refractivity contribution in [1.82, 2.24) is 9.97 Å². The third-order valence-electron chi connectivity index (χ3n) is 4.76. The number of nitrogens with zero attached hydrogens (tertiary/aromatic N) is 2. The Morgan fingerprint density at radius 2 is 2.11 bits per heavy atom. The average molecular weight is 404 g/mol. The van der Waals surface area contributed by atoms with E-state index in [4.69, 9.17) is 11.6 Å². The van der Waals surface area contributed by atoms with Crippen molar-refractivity contribution >= 4 is 33.9 Å². The molecular weight excluding hydrogens is 388 g/mol. The van der Waals surface area contributed by atoms with Gasteiger partial charge in [-0.1, -0.05) is 11.6 Å². The van der Waals surface area contributed by atoms with Crippen LogP contribution >= 0.6 is 11.6 Å². The molecule has 6 nitrogen and oxygen atoms in total. The molecule has 3 aromatic rings. The van der Waals surface area contributed by atoms with Crippen LogP contribution in [0.2, 0.25) is 5.02 Å². The minimum absolute atomic E-state index is 0.219. The van der Waals surface area contributed by atoms with E-state index in [0.717, 1.165) is 10.9 Å². The largest absolute Gasteiger partial charge is 0.359 e. The Morgan fingerprint density at radius 1 is 1.32 bits per heavy atom. The summed E-state index contributed by atoms with van der Waals surface area (Å²) in [5.41, 5.74) is 2.47. The van der Waals surface area contributed by atoms with Crippen molar-refractivity contribution in [2.45, 2.75) is 31.0 Å². The molecule has 1 aromatic carbocycles. The number of nitrogens with one attached hydrogen (secondary N) is 3. The van der Waals surface area contributed by atoms with Crippen LogP contribution in [0.3, 0.4) is 0 Å². The Kier molecular flexibility index (Phi) is 4.57. The predicted molar refractivity (Wildman–Crippen MR) is 102 cm³/mol. The number of alkyl halides is 2. The molecule has 1 atom stereocenters. The SMILES string of the molecule is N#Cc1cc(NC(O)Nc2c[nH]c3ccc(Cl)cc23)cnc1C1CC(F)(F)C1. The maximum Gasteiger partial charge on any atom is 0.249 e. The number of aromatic amines is 1. The molecule has 0 amide bonds. The molecule has 2 heterocycles. The standard InChI is InChI=1S/C19H16ClF2N5O/c20-12-1-2-15-14(4-12)16(9-24-15)27-18(28)26-13-3-10(7-23)17(25-8-13)11-5-19(21,22)6-11/h1-4,8-9,11,18,24,26-28H,5-6H2. The van der Waals surface area contributed by atoms with Crippen molar-refractivity contribution < 1.29 is 13.9 Å². The van der Waals surface area contributed by atoms with E-state index in [0.29, 0.717) is 22.1 Å². The molecule has 1 fully saturated rings. The Balaban J connectivity index is 1.47. The molecular formula is C19H16ClF2N5O. The van der Waals surface area contributed by atoms with Crippen molar-refractivity contribution in [1.29, 1.82) is 5.26 Å². The number of aliphatic hydroxyl groups is 1. The molecule has 4 rings (SSSR count). The van der Waals surface area contributed by atoms with Crippen molar-refractivity contribution in [2.24, 2.45) is 0 Å². The normalized spacial score (nSPS) is 17.0. The van der Waals surface area contributed by atoms with Gasteiger partial charge in [0.05, 0.1) is 28.8 Å². The lowest BCUT2D eigenvalue weighted by atomic mass is 9.77. The van der Waals surface area contributed by atoms with Gasteiger partial charge in [0.2, 0.25) is 12.3 Å². The van der Waals surface area contributed by atoms with Crippen LogP contribution in [0.1, 0.15) is 30.0 Å². The summed E-state index contributed by atoms with van der Waals surface area (Å²) in [6.07, 6.45) is 1.35. The van der Waals surface area contributed by atoms with E-state index in [-0.39, 0.29) is 18.4 Å². The Labute approximate surface area is 164 Å². The zero-order valence-electron chi connectivity index (χ0n) is 14.5. The highest BCUT2D eigenvalue weighted by molar-refractivity contribution is 6.31. The van der Waals surface area contributed by atoms with Crippen LogP contribution in [0.25, 0.3) is 10.9 Å². The van der Waals surface area contributed by atoms with Crippen molar-refractivity contribution in [2.75, 3.05) is 10.6 Å². The Bertz CT molecular complexity index is 1070. The quantitative estimate of drug-likeness (QED) is 0.473. The van der Waals surface area contributed by atoms with Gasteiger partial charge in [-0.25, -0.2) is 8.78 Å². The fourth-order valence-electron chi connectivity index (χ4n) is 3.38. The average Bonchev–Trinajstić information content (AvgIpc) is 3.01. The number of fused-ring (bicyclic) bond motifs is 1. The first-order valence-corrected chi connectivity index (χ1v) is 8.98. The van der Waals surface area contributed by atoms with E-state index < -0.39 is 18.2 Å². The van der Waals surface area contributed by atoms with Crippen molar-refractivity contribution in [3.05, 3.63) is 52.9 Å². The summed E-state index contributed by atoms with van der Waals surface area (Å²) in [5, 5.41) is 26.7. The topological polar surface area (TPSA) is 96.8 Å². The summed E-state index contributed by atoms with van der Waals surface area (Å²) in [5.74, 6) is -3.10. The van der Waals surface area contributed by atoms with Crippen LogP contribution in [0.15, 0.2) is 36.7 Å². The van der Waals surface area contributed by atoms with E-state index in [1.807, 2.05) is 12.1 Å². The van der Waals surface area contributed by atoms with E-state index >= 15 is 0 Å². The molecule has 2 aromatic heterocycles. The molecule has 1 aliphatic rings. The summed E-state index contributed by atoms with van der Waals surface area (Å²) < 4.78 is 26.2. The van der Waals surface area contributed by atoms with E-state index in [2.05, 4.69) is 20.6 Å². The van der Waals surface area contributed by atoms with Gasteiger partial charge in [-0.3, -0.25) is 4.98 Å². The summed E-state index contributed by atoms with van der Waals surface area (Å²) in [6, 6.07) is 8.84. The lowest BCUT2D eigenvalue weighted by Crippen LogP contribution is -2.34. The van der Waals surface area contributed by atoms with Crippen LogP contribution in [-0.2, 0) is 0 Å². The number of hydrogen-bond donors (Lipinski definition) is 4. The minimum Gasteiger partial charge on any atom is -0.359 e. The highest BCUT2D eigenvalue weighted by Gasteiger charge is 2.47. The van der Waals surface area contributed by atoms with Crippen LogP contribution < -0.4 is 10.6 Å². The predicted octanol–water partition coefficient (Wildman–Crippen LogP) is 4.40. The zero-order valence-corrected chi connectivity index (χ0v) is 15.3.